The van der Waals surface area contributed by atoms with Crippen molar-refractivity contribution in [1.29, 1.82) is 0 Å². The Morgan fingerprint density at radius 3 is 2.81 bits per heavy atom. The summed E-state index contributed by atoms with van der Waals surface area (Å²) in [7, 11) is 0. The van der Waals surface area contributed by atoms with Crippen molar-refractivity contribution in [2.75, 3.05) is 0 Å². The lowest BCUT2D eigenvalue weighted by Gasteiger charge is -2.13. The summed E-state index contributed by atoms with van der Waals surface area (Å²) in [6.45, 7) is 1.85. The zero-order valence-corrected chi connectivity index (χ0v) is 9.49. The van der Waals surface area contributed by atoms with Crippen molar-refractivity contribution in [2.24, 2.45) is 0 Å². The summed E-state index contributed by atoms with van der Waals surface area (Å²) in [5, 5.41) is 11.7. The van der Waals surface area contributed by atoms with Gasteiger partial charge in [-0.25, -0.2) is 4.79 Å². The highest BCUT2D eigenvalue weighted by Gasteiger charge is 2.17. The lowest BCUT2D eigenvalue weighted by Crippen LogP contribution is -2.37. The van der Waals surface area contributed by atoms with Crippen LogP contribution < -0.4 is 5.32 Å². The Morgan fingerprint density at radius 2 is 2.31 bits per heavy atom. The number of hydrogen-bond donors (Lipinski definition) is 2. The predicted molar refractivity (Wildman–Crippen MR) is 60.5 cm³/mol. The molecule has 1 atom stereocenters. The van der Waals surface area contributed by atoms with Crippen molar-refractivity contribution in [3.8, 4) is 0 Å². The average Bonchev–Trinajstić information content (AvgIpc) is 2.20. The highest BCUT2D eigenvalue weighted by atomic mass is 35.5. The van der Waals surface area contributed by atoms with Crippen molar-refractivity contribution >= 4 is 24.0 Å². The first-order chi connectivity index (χ1) is 7.54. The van der Waals surface area contributed by atoms with Gasteiger partial charge in [0.15, 0.2) is 0 Å². The second-order valence-corrected chi connectivity index (χ2v) is 3.89. The molecule has 0 aliphatic rings. The van der Waals surface area contributed by atoms with Crippen LogP contribution >= 0.6 is 11.6 Å². The van der Waals surface area contributed by atoms with E-state index in [9.17, 15) is 9.59 Å². The van der Waals surface area contributed by atoms with E-state index in [0.29, 0.717) is 11.4 Å². The first kappa shape index (κ1) is 12.5. The van der Waals surface area contributed by atoms with Crippen molar-refractivity contribution in [2.45, 2.75) is 19.4 Å². The van der Waals surface area contributed by atoms with Crippen molar-refractivity contribution in [3.63, 3.8) is 0 Å². The van der Waals surface area contributed by atoms with Crippen LogP contribution in [0.2, 0.25) is 5.02 Å². The SMILES string of the molecule is Cc1cc(Cl)ccc1CC(NC=O)C(=O)O. The topological polar surface area (TPSA) is 66.4 Å². The van der Waals surface area contributed by atoms with Crippen LogP contribution in [-0.4, -0.2) is 23.5 Å². The monoisotopic (exact) mass is 241 g/mol. The first-order valence-corrected chi connectivity index (χ1v) is 5.10. The van der Waals surface area contributed by atoms with Gasteiger partial charge in [-0.05, 0) is 30.2 Å². The Morgan fingerprint density at radius 1 is 1.62 bits per heavy atom. The van der Waals surface area contributed by atoms with E-state index >= 15 is 0 Å². The van der Waals surface area contributed by atoms with Crippen molar-refractivity contribution < 1.29 is 14.7 Å². The summed E-state index contributed by atoms with van der Waals surface area (Å²) >= 11 is 5.79. The third-order valence-corrected chi connectivity index (χ3v) is 2.53. The Labute approximate surface area is 98.2 Å². The van der Waals surface area contributed by atoms with Crippen LogP contribution in [0, 0.1) is 6.92 Å². The molecule has 0 saturated heterocycles. The van der Waals surface area contributed by atoms with Gasteiger partial charge in [0, 0.05) is 11.4 Å². The maximum absolute atomic E-state index is 10.8. The van der Waals surface area contributed by atoms with Gasteiger partial charge in [-0.3, -0.25) is 4.79 Å². The fraction of sp³-hybridized carbons (Fsp3) is 0.273. The molecule has 86 valence electrons. The number of carbonyl (C=O) groups excluding carboxylic acids is 1. The standard InChI is InChI=1S/C11H12ClNO3/c1-7-4-9(12)3-2-8(7)5-10(11(15)16)13-6-14/h2-4,6,10H,5H2,1H3,(H,13,14)(H,15,16). The van der Waals surface area contributed by atoms with Gasteiger partial charge in [0.05, 0.1) is 0 Å². The smallest absolute Gasteiger partial charge is 0.326 e. The molecule has 0 heterocycles. The number of carboxylic acid groups (broad SMARTS) is 1. The number of carboxylic acids is 1. The number of hydrogen-bond acceptors (Lipinski definition) is 2. The maximum Gasteiger partial charge on any atom is 0.326 e. The van der Waals surface area contributed by atoms with E-state index in [-0.39, 0.29) is 6.42 Å². The largest absolute Gasteiger partial charge is 0.480 e. The molecule has 0 saturated carbocycles. The number of benzene rings is 1. The van der Waals surface area contributed by atoms with Crippen LogP contribution in [-0.2, 0) is 16.0 Å². The molecule has 0 spiro atoms. The Hall–Kier alpha value is -1.55. The van der Waals surface area contributed by atoms with Crippen molar-refractivity contribution in [3.05, 3.63) is 34.3 Å². The van der Waals surface area contributed by atoms with Gasteiger partial charge in [-0.2, -0.15) is 0 Å². The molecule has 1 unspecified atom stereocenters. The maximum atomic E-state index is 10.8. The molecule has 5 heteroatoms. The number of amides is 1. The van der Waals surface area contributed by atoms with Crippen molar-refractivity contribution in [1.82, 2.24) is 5.32 Å². The molecule has 1 aromatic carbocycles. The molecule has 2 N–H and O–H groups in total. The molecule has 0 aliphatic heterocycles. The third kappa shape index (κ3) is 3.24. The van der Waals surface area contributed by atoms with E-state index in [1.807, 2.05) is 6.92 Å². The Bertz CT molecular complexity index is 406. The average molecular weight is 242 g/mol. The van der Waals surface area contributed by atoms with Crippen LogP contribution in [0.1, 0.15) is 11.1 Å². The Balaban J connectivity index is 2.84. The van der Waals surface area contributed by atoms with E-state index in [1.54, 1.807) is 18.2 Å². The second-order valence-electron chi connectivity index (χ2n) is 3.45. The third-order valence-electron chi connectivity index (χ3n) is 2.30. The van der Waals surface area contributed by atoms with E-state index in [4.69, 9.17) is 16.7 Å². The zero-order chi connectivity index (χ0) is 12.1. The van der Waals surface area contributed by atoms with Crippen LogP contribution in [0.5, 0.6) is 0 Å². The fourth-order valence-electron chi connectivity index (χ4n) is 1.41. The minimum Gasteiger partial charge on any atom is -0.480 e. The van der Waals surface area contributed by atoms with E-state index in [2.05, 4.69) is 5.32 Å². The predicted octanol–water partition coefficient (Wildman–Crippen LogP) is 1.39. The number of carbonyl (C=O) groups is 2. The molecule has 0 radical (unpaired) electrons. The minimum atomic E-state index is -1.05. The number of aryl methyl sites for hydroxylation is 1. The summed E-state index contributed by atoms with van der Waals surface area (Å²) in [6.07, 6.45) is 0.640. The summed E-state index contributed by atoms with van der Waals surface area (Å²) in [6, 6.07) is 4.32. The van der Waals surface area contributed by atoms with Crippen LogP contribution in [0.15, 0.2) is 18.2 Å². The summed E-state index contributed by atoms with van der Waals surface area (Å²) < 4.78 is 0. The number of aliphatic carboxylic acids is 1. The van der Waals surface area contributed by atoms with Crippen LogP contribution in [0.3, 0.4) is 0 Å². The van der Waals surface area contributed by atoms with Gasteiger partial charge >= 0.3 is 5.97 Å². The lowest BCUT2D eigenvalue weighted by atomic mass is 10.0. The molecule has 1 aromatic rings. The summed E-state index contributed by atoms with van der Waals surface area (Å²) in [4.78, 5) is 21.1. The number of halogens is 1. The molecule has 16 heavy (non-hydrogen) atoms. The summed E-state index contributed by atoms with van der Waals surface area (Å²) in [5.41, 5.74) is 1.76. The molecule has 0 fully saturated rings. The molecule has 1 amide bonds. The first-order valence-electron chi connectivity index (χ1n) is 4.72. The van der Waals surface area contributed by atoms with Gasteiger partial charge in [0.2, 0.25) is 6.41 Å². The second kappa shape index (κ2) is 5.51. The quantitative estimate of drug-likeness (QED) is 0.766. The van der Waals surface area contributed by atoms with Gasteiger partial charge in [-0.15, -0.1) is 0 Å². The van der Waals surface area contributed by atoms with E-state index in [0.717, 1.165) is 11.1 Å². The van der Waals surface area contributed by atoms with Gasteiger partial charge in [0.25, 0.3) is 0 Å². The van der Waals surface area contributed by atoms with E-state index < -0.39 is 12.0 Å². The zero-order valence-electron chi connectivity index (χ0n) is 8.74. The molecule has 0 aromatic heterocycles. The minimum absolute atomic E-state index is 0.247. The van der Waals surface area contributed by atoms with Gasteiger partial charge in [0.1, 0.15) is 6.04 Å². The van der Waals surface area contributed by atoms with Crippen LogP contribution in [0.4, 0.5) is 0 Å². The summed E-state index contributed by atoms with van der Waals surface area (Å²) in [5.74, 6) is -1.05. The highest BCUT2D eigenvalue weighted by molar-refractivity contribution is 6.30. The fourth-order valence-corrected chi connectivity index (χ4v) is 1.63. The molecular formula is C11H12ClNO3. The lowest BCUT2D eigenvalue weighted by molar-refractivity contribution is -0.140. The normalized spacial score (nSPS) is 11.9. The number of nitrogens with one attached hydrogen (secondary N) is 1. The molecular weight excluding hydrogens is 230 g/mol. The molecule has 4 nitrogen and oxygen atoms in total. The van der Waals surface area contributed by atoms with Gasteiger partial charge < -0.3 is 10.4 Å². The van der Waals surface area contributed by atoms with Gasteiger partial charge in [-0.1, -0.05) is 17.7 Å². The number of rotatable bonds is 5. The van der Waals surface area contributed by atoms with Crippen LogP contribution in [0.25, 0.3) is 0 Å². The Kier molecular flexibility index (Phi) is 4.31. The molecule has 0 aliphatic carbocycles. The molecule has 0 bridgehead atoms. The molecule has 1 rings (SSSR count). The highest BCUT2D eigenvalue weighted by Crippen LogP contribution is 2.16. The van der Waals surface area contributed by atoms with E-state index in [1.165, 1.54) is 0 Å².